The number of benzene rings is 1. The van der Waals surface area contributed by atoms with Gasteiger partial charge in [-0.3, -0.25) is 14.7 Å². The van der Waals surface area contributed by atoms with E-state index in [1.807, 2.05) is 0 Å². The van der Waals surface area contributed by atoms with Gasteiger partial charge in [0.25, 0.3) is 11.1 Å². The van der Waals surface area contributed by atoms with Gasteiger partial charge >= 0.3 is 0 Å². The number of nitrogens with zero attached hydrogens (tertiary/aromatic N) is 1. The molecular weight excluding hydrogens is 272 g/mol. The third kappa shape index (κ3) is 3.61. The van der Waals surface area contributed by atoms with Gasteiger partial charge in [-0.1, -0.05) is 11.8 Å². The molecule has 0 saturated heterocycles. The largest absolute Gasteiger partial charge is 0.497 e. The van der Waals surface area contributed by atoms with E-state index >= 15 is 0 Å². The van der Waals surface area contributed by atoms with Crippen molar-refractivity contribution < 1.29 is 9.84 Å². The Balaban J connectivity index is 2.48. The molecule has 0 spiro atoms. The first kappa shape index (κ1) is 14.6. The van der Waals surface area contributed by atoms with Crippen molar-refractivity contribution >= 4 is 0 Å². The SMILES string of the molecule is COc1ccc(C#CCO)c(Cn2[nH]c(=O)ccc2=O)c1. The van der Waals surface area contributed by atoms with Crippen molar-refractivity contribution in [2.24, 2.45) is 0 Å². The molecule has 6 heteroatoms. The van der Waals surface area contributed by atoms with Crippen LogP contribution >= 0.6 is 0 Å². The van der Waals surface area contributed by atoms with E-state index in [0.29, 0.717) is 16.9 Å². The second-order valence-electron chi connectivity index (χ2n) is 4.22. The second kappa shape index (κ2) is 6.59. The molecule has 6 nitrogen and oxygen atoms in total. The summed E-state index contributed by atoms with van der Waals surface area (Å²) in [5, 5.41) is 11.2. The van der Waals surface area contributed by atoms with E-state index in [2.05, 4.69) is 16.9 Å². The number of aromatic amines is 1. The van der Waals surface area contributed by atoms with Crippen molar-refractivity contribution in [1.29, 1.82) is 0 Å². The molecule has 1 aromatic heterocycles. The lowest BCUT2D eigenvalue weighted by atomic mass is 10.1. The van der Waals surface area contributed by atoms with Crippen molar-refractivity contribution in [3.05, 3.63) is 62.2 Å². The van der Waals surface area contributed by atoms with Crippen molar-refractivity contribution in [1.82, 2.24) is 9.78 Å². The molecule has 0 amide bonds. The first-order chi connectivity index (χ1) is 10.1. The lowest BCUT2D eigenvalue weighted by Crippen LogP contribution is -2.28. The second-order valence-corrected chi connectivity index (χ2v) is 4.22. The monoisotopic (exact) mass is 286 g/mol. The molecule has 0 radical (unpaired) electrons. The van der Waals surface area contributed by atoms with Crippen LogP contribution in [0.1, 0.15) is 11.1 Å². The van der Waals surface area contributed by atoms with E-state index in [9.17, 15) is 9.59 Å². The van der Waals surface area contributed by atoms with Crippen molar-refractivity contribution in [2.45, 2.75) is 6.54 Å². The van der Waals surface area contributed by atoms with E-state index in [-0.39, 0.29) is 24.3 Å². The number of H-pyrrole nitrogens is 1. The number of ether oxygens (including phenoxy) is 1. The molecule has 0 aliphatic heterocycles. The minimum atomic E-state index is -0.361. The Hall–Kier alpha value is -2.78. The Morgan fingerprint density at radius 3 is 2.81 bits per heavy atom. The maximum Gasteiger partial charge on any atom is 0.265 e. The summed E-state index contributed by atoms with van der Waals surface area (Å²) in [5.74, 6) is 5.98. The quantitative estimate of drug-likeness (QED) is 0.774. The number of hydrogen-bond donors (Lipinski definition) is 2. The Bertz CT molecular complexity index is 809. The molecule has 0 atom stereocenters. The van der Waals surface area contributed by atoms with Gasteiger partial charge in [0.15, 0.2) is 0 Å². The zero-order chi connectivity index (χ0) is 15.2. The molecule has 0 aliphatic carbocycles. The lowest BCUT2D eigenvalue weighted by molar-refractivity contribution is 0.350. The smallest absolute Gasteiger partial charge is 0.265 e. The van der Waals surface area contributed by atoms with E-state index in [0.717, 1.165) is 0 Å². The molecule has 0 aliphatic rings. The molecule has 0 bridgehead atoms. The van der Waals surface area contributed by atoms with Crippen LogP contribution in [0.4, 0.5) is 0 Å². The molecule has 0 fully saturated rings. The Morgan fingerprint density at radius 2 is 2.10 bits per heavy atom. The molecule has 1 heterocycles. The van der Waals surface area contributed by atoms with E-state index in [1.165, 1.54) is 23.9 Å². The van der Waals surface area contributed by atoms with Crippen molar-refractivity contribution in [3.63, 3.8) is 0 Å². The van der Waals surface area contributed by atoms with Crippen LogP contribution in [0.15, 0.2) is 39.9 Å². The molecule has 21 heavy (non-hydrogen) atoms. The molecule has 0 saturated carbocycles. The molecule has 1 aromatic carbocycles. The zero-order valence-electron chi connectivity index (χ0n) is 11.4. The fourth-order valence-corrected chi connectivity index (χ4v) is 1.83. The molecule has 2 N–H and O–H groups in total. The summed E-state index contributed by atoms with van der Waals surface area (Å²) >= 11 is 0. The minimum absolute atomic E-state index is 0.154. The zero-order valence-corrected chi connectivity index (χ0v) is 11.4. The number of hydrogen-bond acceptors (Lipinski definition) is 4. The highest BCUT2D eigenvalue weighted by Gasteiger charge is 2.06. The van der Waals surface area contributed by atoms with Crippen LogP contribution in [-0.4, -0.2) is 28.6 Å². The molecule has 2 aromatic rings. The van der Waals surface area contributed by atoms with E-state index in [4.69, 9.17) is 9.84 Å². The number of rotatable bonds is 3. The number of methoxy groups -OCH3 is 1. The summed E-state index contributed by atoms with van der Waals surface area (Å²) < 4.78 is 6.34. The standard InChI is InChI=1S/C15H14N2O4/c1-21-13-5-4-11(3-2-8-18)12(9-13)10-17-15(20)7-6-14(19)16-17/h4-7,9,18H,8,10H2,1H3,(H,16,19). The van der Waals surface area contributed by atoms with Crippen LogP contribution in [0.5, 0.6) is 5.75 Å². The lowest BCUT2D eigenvalue weighted by Gasteiger charge is -2.09. The summed E-state index contributed by atoms with van der Waals surface area (Å²) in [6.07, 6.45) is 0. The fourth-order valence-electron chi connectivity index (χ4n) is 1.83. The first-order valence-corrected chi connectivity index (χ1v) is 6.21. The van der Waals surface area contributed by atoms with Gasteiger partial charge in [-0.15, -0.1) is 0 Å². The predicted molar refractivity (Wildman–Crippen MR) is 77.4 cm³/mol. The Kier molecular flexibility index (Phi) is 4.59. The van der Waals surface area contributed by atoms with Gasteiger partial charge in [0, 0.05) is 17.7 Å². The molecule has 0 unspecified atom stereocenters. The van der Waals surface area contributed by atoms with Crippen molar-refractivity contribution in [3.8, 4) is 17.6 Å². The third-order valence-electron chi connectivity index (χ3n) is 2.83. The van der Waals surface area contributed by atoms with Gasteiger partial charge in [0.2, 0.25) is 0 Å². The maximum absolute atomic E-state index is 11.7. The number of aliphatic hydroxyl groups is 1. The third-order valence-corrected chi connectivity index (χ3v) is 2.83. The molecule has 108 valence electrons. The minimum Gasteiger partial charge on any atom is -0.497 e. The Labute approximate surface area is 120 Å². The highest BCUT2D eigenvalue weighted by Crippen LogP contribution is 2.17. The van der Waals surface area contributed by atoms with Crippen LogP contribution in [0.25, 0.3) is 0 Å². The number of aliphatic hydroxyl groups excluding tert-OH is 1. The maximum atomic E-state index is 11.7. The molecule has 2 rings (SSSR count). The van der Waals surface area contributed by atoms with Gasteiger partial charge in [-0.25, -0.2) is 4.68 Å². The average molecular weight is 286 g/mol. The topological polar surface area (TPSA) is 84.3 Å². The van der Waals surface area contributed by atoms with Crippen LogP contribution in [0.3, 0.4) is 0 Å². The average Bonchev–Trinajstić information content (AvgIpc) is 2.49. The first-order valence-electron chi connectivity index (χ1n) is 6.21. The van der Waals surface area contributed by atoms with Gasteiger partial charge in [-0.2, -0.15) is 0 Å². The van der Waals surface area contributed by atoms with Crippen LogP contribution in [-0.2, 0) is 6.54 Å². The summed E-state index contributed by atoms with van der Waals surface area (Å²) in [7, 11) is 1.54. The van der Waals surface area contributed by atoms with E-state index in [1.54, 1.807) is 18.2 Å². The highest BCUT2D eigenvalue weighted by molar-refractivity contribution is 5.45. The number of aromatic nitrogens is 2. The van der Waals surface area contributed by atoms with Gasteiger partial charge in [0.05, 0.1) is 13.7 Å². The summed E-state index contributed by atoms with van der Waals surface area (Å²) in [6, 6.07) is 7.60. The normalized spacial score (nSPS) is 9.81. The summed E-state index contributed by atoms with van der Waals surface area (Å²) in [5.41, 5.74) is 0.680. The highest BCUT2D eigenvalue weighted by atomic mass is 16.5. The van der Waals surface area contributed by atoms with E-state index < -0.39 is 0 Å². The Morgan fingerprint density at radius 1 is 1.29 bits per heavy atom. The van der Waals surface area contributed by atoms with Gasteiger partial charge < -0.3 is 9.84 Å². The van der Waals surface area contributed by atoms with Crippen molar-refractivity contribution in [2.75, 3.05) is 13.7 Å². The van der Waals surface area contributed by atoms with Crippen LogP contribution < -0.4 is 15.9 Å². The molecular formula is C15H14N2O4. The van der Waals surface area contributed by atoms with Gasteiger partial charge in [-0.05, 0) is 23.8 Å². The number of nitrogens with one attached hydrogen (secondary N) is 1. The van der Waals surface area contributed by atoms with Gasteiger partial charge in [0.1, 0.15) is 12.4 Å². The summed E-state index contributed by atoms with van der Waals surface area (Å²) in [6.45, 7) is -0.102. The summed E-state index contributed by atoms with van der Waals surface area (Å²) in [4.78, 5) is 23.1. The fraction of sp³-hybridized carbons (Fsp3) is 0.200. The van der Waals surface area contributed by atoms with Crippen LogP contribution in [0.2, 0.25) is 0 Å². The van der Waals surface area contributed by atoms with Crippen LogP contribution in [0, 0.1) is 11.8 Å². The predicted octanol–water partition coefficient (Wildman–Crippen LogP) is -0.0627.